The van der Waals surface area contributed by atoms with E-state index in [4.69, 9.17) is 4.74 Å². The first-order valence-corrected chi connectivity index (χ1v) is 28.6. The number of allylic oxidation sites excluding steroid dienone is 3. The molecule has 0 aromatic carbocycles. The van der Waals surface area contributed by atoms with Gasteiger partial charge in [-0.05, 0) is 57.8 Å². The van der Waals surface area contributed by atoms with Gasteiger partial charge in [-0.15, -0.1) is 0 Å². The van der Waals surface area contributed by atoms with E-state index in [0.717, 1.165) is 44.9 Å². The van der Waals surface area contributed by atoms with Crippen molar-refractivity contribution in [1.82, 2.24) is 5.32 Å². The molecule has 0 fully saturated rings. The van der Waals surface area contributed by atoms with Crippen LogP contribution in [-0.2, 0) is 14.3 Å². The van der Waals surface area contributed by atoms with E-state index in [1.54, 1.807) is 6.08 Å². The zero-order chi connectivity index (χ0) is 46.5. The minimum atomic E-state index is -0.842. The lowest BCUT2D eigenvalue weighted by molar-refractivity contribution is -0.143. The van der Waals surface area contributed by atoms with Gasteiger partial charge < -0.3 is 20.3 Å². The molecule has 64 heavy (non-hydrogen) atoms. The van der Waals surface area contributed by atoms with Gasteiger partial charge in [0.2, 0.25) is 5.91 Å². The van der Waals surface area contributed by atoms with Crippen molar-refractivity contribution in [2.75, 3.05) is 13.2 Å². The zero-order valence-corrected chi connectivity index (χ0v) is 43.0. The van der Waals surface area contributed by atoms with Crippen LogP contribution < -0.4 is 5.32 Å². The number of nitrogens with one attached hydrogen (secondary N) is 1. The Balaban J connectivity index is 3.37. The highest BCUT2D eigenvalue weighted by Gasteiger charge is 2.18. The van der Waals surface area contributed by atoms with Crippen LogP contribution in [0.3, 0.4) is 0 Å². The molecule has 2 atom stereocenters. The number of rotatable bonds is 53. The summed E-state index contributed by atoms with van der Waals surface area (Å²) in [6.45, 7) is 4.88. The predicted molar refractivity (Wildman–Crippen MR) is 278 cm³/mol. The van der Waals surface area contributed by atoms with Crippen LogP contribution >= 0.6 is 0 Å². The Morgan fingerprint density at radius 1 is 0.422 bits per heavy atom. The molecule has 0 aromatic heterocycles. The Hall–Kier alpha value is -1.66. The van der Waals surface area contributed by atoms with Crippen molar-refractivity contribution >= 4 is 11.9 Å². The standard InChI is InChI=1S/C58H111NO5/c1-3-5-7-9-11-13-15-16-25-29-32-36-40-44-48-52-58(63)64-53-49-45-41-37-33-30-27-24-22-20-18-17-19-21-23-26-28-31-35-39-43-47-51-57(62)59-55(54-60)56(61)50-46-42-38-34-14-12-10-8-6-4-2/h16,25,46,50,55-56,60-61H,3-15,17-24,26-45,47-49,51-54H2,1-2H3,(H,59,62)/b25-16-,50-46+. The molecule has 378 valence electrons. The fourth-order valence-corrected chi connectivity index (χ4v) is 8.81. The average molecular weight is 903 g/mol. The molecule has 0 saturated carbocycles. The van der Waals surface area contributed by atoms with Gasteiger partial charge in [-0.1, -0.05) is 263 Å². The molecule has 6 heteroatoms. The lowest BCUT2D eigenvalue weighted by Gasteiger charge is -2.20. The van der Waals surface area contributed by atoms with Crippen LogP contribution in [-0.4, -0.2) is 47.4 Å². The second-order valence-corrected chi connectivity index (χ2v) is 19.6. The number of aliphatic hydroxyl groups is 2. The number of amides is 1. The molecule has 0 bridgehead atoms. The van der Waals surface area contributed by atoms with Gasteiger partial charge in [0, 0.05) is 12.8 Å². The van der Waals surface area contributed by atoms with Crippen molar-refractivity contribution in [3.63, 3.8) is 0 Å². The fraction of sp³-hybridized carbons (Fsp3) is 0.897. The molecule has 0 rings (SSSR count). The minimum Gasteiger partial charge on any atom is -0.466 e. The van der Waals surface area contributed by atoms with Crippen molar-refractivity contribution in [2.45, 2.75) is 321 Å². The molecule has 2 unspecified atom stereocenters. The van der Waals surface area contributed by atoms with Crippen molar-refractivity contribution < 1.29 is 24.5 Å². The number of unbranched alkanes of at least 4 members (excludes halogenated alkanes) is 40. The maximum absolute atomic E-state index is 12.4. The second kappa shape index (κ2) is 54.0. The van der Waals surface area contributed by atoms with E-state index in [2.05, 4.69) is 31.3 Å². The SMILES string of the molecule is CCCCCCCC/C=C\CCCCCCCC(=O)OCCCCCCCCCCCCCCCCCCCCCCCCC(=O)NC(CO)C(O)/C=C/CCCCCCCCCC. The highest BCUT2D eigenvalue weighted by atomic mass is 16.5. The highest BCUT2D eigenvalue weighted by molar-refractivity contribution is 5.76. The molecule has 0 radical (unpaired) electrons. The molecule has 3 N–H and O–H groups in total. The first-order chi connectivity index (χ1) is 31.5. The Morgan fingerprint density at radius 3 is 1.11 bits per heavy atom. The van der Waals surface area contributed by atoms with E-state index in [1.165, 1.54) is 238 Å². The molecule has 0 aliphatic carbocycles. The summed E-state index contributed by atoms with van der Waals surface area (Å²) < 4.78 is 5.48. The van der Waals surface area contributed by atoms with Gasteiger partial charge in [-0.3, -0.25) is 9.59 Å². The molecule has 6 nitrogen and oxygen atoms in total. The van der Waals surface area contributed by atoms with E-state index < -0.39 is 12.1 Å². The molecule has 0 aliphatic heterocycles. The molecular formula is C58H111NO5. The Labute approximate surface area is 399 Å². The normalized spacial score (nSPS) is 12.8. The minimum absolute atomic E-state index is 0.00462. The number of hydrogen-bond donors (Lipinski definition) is 3. The summed E-state index contributed by atoms with van der Waals surface area (Å²) in [4.78, 5) is 24.4. The summed E-state index contributed by atoms with van der Waals surface area (Å²) >= 11 is 0. The smallest absolute Gasteiger partial charge is 0.305 e. The highest BCUT2D eigenvalue weighted by Crippen LogP contribution is 2.17. The van der Waals surface area contributed by atoms with E-state index in [-0.39, 0.29) is 18.5 Å². The molecule has 0 spiro atoms. The second-order valence-electron chi connectivity index (χ2n) is 19.6. The predicted octanol–water partition coefficient (Wildman–Crippen LogP) is 17.5. The molecule has 0 saturated heterocycles. The third-order valence-electron chi connectivity index (χ3n) is 13.2. The number of aliphatic hydroxyl groups excluding tert-OH is 2. The van der Waals surface area contributed by atoms with Crippen LogP contribution in [0.4, 0.5) is 0 Å². The van der Waals surface area contributed by atoms with Gasteiger partial charge in [0.15, 0.2) is 0 Å². The first-order valence-electron chi connectivity index (χ1n) is 28.6. The van der Waals surface area contributed by atoms with Gasteiger partial charge in [-0.2, -0.15) is 0 Å². The van der Waals surface area contributed by atoms with Crippen LogP contribution in [0.2, 0.25) is 0 Å². The van der Waals surface area contributed by atoms with Crippen molar-refractivity contribution in [2.24, 2.45) is 0 Å². The maximum atomic E-state index is 12.4. The number of esters is 1. The van der Waals surface area contributed by atoms with Crippen LogP contribution in [0.25, 0.3) is 0 Å². The van der Waals surface area contributed by atoms with Crippen LogP contribution in [0, 0.1) is 0 Å². The molecule has 0 heterocycles. The third kappa shape index (κ3) is 49.8. The van der Waals surface area contributed by atoms with Gasteiger partial charge in [0.1, 0.15) is 0 Å². The average Bonchev–Trinajstić information content (AvgIpc) is 3.29. The quantitative estimate of drug-likeness (QED) is 0.0321. The van der Waals surface area contributed by atoms with Gasteiger partial charge in [0.25, 0.3) is 0 Å². The fourth-order valence-electron chi connectivity index (χ4n) is 8.81. The molecule has 0 aromatic rings. The van der Waals surface area contributed by atoms with Gasteiger partial charge in [0.05, 0.1) is 25.4 Å². The number of carbonyl (C=O) groups is 2. The first kappa shape index (κ1) is 62.3. The summed E-state index contributed by atoms with van der Waals surface area (Å²) in [6.07, 6.45) is 64.9. The lowest BCUT2D eigenvalue weighted by atomic mass is 10.0. The van der Waals surface area contributed by atoms with Crippen molar-refractivity contribution in [3.05, 3.63) is 24.3 Å². The Morgan fingerprint density at radius 2 is 0.734 bits per heavy atom. The topological polar surface area (TPSA) is 95.9 Å². The van der Waals surface area contributed by atoms with E-state index >= 15 is 0 Å². The third-order valence-corrected chi connectivity index (χ3v) is 13.2. The van der Waals surface area contributed by atoms with Gasteiger partial charge >= 0.3 is 5.97 Å². The zero-order valence-electron chi connectivity index (χ0n) is 43.0. The van der Waals surface area contributed by atoms with Crippen molar-refractivity contribution in [1.29, 1.82) is 0 Å². The number of ether oxygens (including phenoxy) is 1. The largest absolute Gasteiger partial charge is 0.466 e. The van der Waals surface area contributed by atoms with Crippen LogP contribution in [0.5, 0.6) is 0 Å². The Kier molecular flexibility index (Phi) is 52.6. The Bertz CT molecular complexity index is 997. The van der Waals surface area contributed by atoms with Crippen LogP contribution in [0.1, 0.15) is 309 Å². The summed E-state index contributed by atoms with van der Waals surface area (Å²) in [7, 11) is 0. The van der Waals surface area contributed by atoms with Crippen LogP contribution in [0.15, 0.2) is 24.3 Å². The van der Waals surface area contributed by atoms with Gasteiger partial charge in [-0.25, -0.2) is 0 Å². The number of hydrogen-bond acceptors (Lipinski definition) is 5. The summed E-state index contributed by atoms with van der Waals surface area (Å²) in [5, 5.41) is 23.0. The monoisotopic (exact) mass is 902 g/mol. The lowest BCUT2D eigenvalue weighted by Crippen LogP contribution is -2.45. The molecule has 1 amide bonds. The van der Waals surface area contributed by atoms with E-state index in [0.29, 0.717) is 19.4 Å². The maximum Gasteiger partial charge on any atom is 0.305 e. The molecular weight excluding hydrogens is 791 g/mol. The summed E-state index contributed by atoms with van der Waals surface area (Å²) in [6, 6.07) is -0.626. The summed E-state index contributed by atoms with van der Waals surface area (Å²) in [5.41, 5.74) is 0. The van der Waals surface area contributed by atoms with Crippen molar-refractivity contribution in [3.8, 4) is 0 Å². The number of carbonyl (C=O) groups excluding carboxylic acids is 2. The van der Waals surface area contributed by atoms with E-state index in [9.17, 15) is 19.8 Å². The summed E-state index contributed by atoms with van der Waals surface area (Å²) in [5.74, 6) is -0.0651. The van der Waals surface area contributed by atoms with E-state index in [1.807, 2.05) is 6.08 Å². The molecule has 0 aliphatic rings.